The highest BCUT2D eigenvalue weighted by molar-refractivity contribution is 7.92. The number of alkyl carbamates (subject to hydrolysis) is 1. The van der Waals surface area contributed by atoms with Crippen molar-refractivity contribution in [2.45, 2.75) is 12.5 Å². The number of para-hydroxylation sites is 1. The molecule has 1 N–H and O–H groups in total. The van der Waals surface area contributed by atoms with Gasteiger partial charge in [-0.25, -0.2) is 13.2 Å². The van der Waals surface area contributed by atoms with Crippen molar-refractivity contribution in [2.24, 2.45) is 0 Å². The van der Waals surface area contributed by atoms with Gasteiger partial charge >= 0.3 is 6.09 Å². The Hall–Kier alpha value is -1.76. The van der Waals surface area contributed by atoms with E-state index in [1.54, 1.807) is 12.1 Å². The molecule has 0 spiro atoms. The normalized spacial score (nSPS) is 18.6. The highest BCUT2D eigenvalue weighted by Crippen LogP contribution is 2.34. The van der Waals surface area contributed by atoms with E-state index in [0.717, 1.165) is 5.56 Å². The van der Waals surface area contributed by atoms with Crippen LogP contribution >= 0.6 is 0 Å². The zero-order valence-corrected chi connectivity index (χ0v) is 11.6. The zero-order valence-electron chi connectivity index (χ0n) is 10.8. The summed E-state index contributed by atoms with van der Waals surface area (Å²) in [7, 11) is -2.01. The number of carbonyl (C=O) groups is 1. The van der Waals surface area contributed by atoms with E-state index in [-0.39, 0.29) is 6.04 Å². The van der Waals surface area contributed by atoms with Crippen molar-refractivity contribution < 1.29 is 17.9 Å². The van der Waals surface area contributed by atoms with Crippen LogP contribution in [0.15, 0.2) is 24.3 Å². The number of methoxy groups -OCH3 is 1. The summed E-state index contributed by atoms with van der Waals surface area (Å²) >= 11 is 0. The number of nitrogens with zero attached hydrogens (tertiary/aromatic N) is 1. The lowest BCUT2D eigenvalue weighted by molar-refractivity contribution is 0.166. The monoisotopic (exact) mass is 284 g/mol. The van der Waals surface area contributed by atoms with Crippen LogP contribution in [0.3, 0.4) is 0 Å². The fourth-order valence-corrected chi connectivity index (χ4v) is 3.19. The molecule has 0 bridgehead atoms. The molecule has 1 atom stereocenters. The fraction of sp³-hybridized carbons (Fsp3) is 0.417. The molecule has 2 rings (SSSR count). The Balaban J connectivity index is 2.37. The van der Waals surface area contributed by atoms with Crippen molar-refractivity contribution in [3.63, 3.8) is 0 Å². The van der Waals surface area contributed by atoms with Gasteiger partial charge in [0.15, 0.2) is 0 Å². The third-order valence-corrected chi connectivity index (χ3v) is 4.26. The molecule has 0 saturated carbocycles. The third kappa shape index (κ3) is 2.81. The molecule has 0 saturated heterocycles. The number of benzene rings is 1. The molecule has 104 valence electrons. The highest BCUT2D eigenvalue weighted by Gasteiger charge is 2.30. The Bertz CT molecular complexity index is 585. The van der Waals surface area contributed by atoms with Gasteiger partial charge < -0.3 is 10.1 Å². The molecule has 1 unspecified atom stereocenters. The maximum atomic E-state index is 11.7. The average molecular weight is 284 g/mol. The first-order valence-electron chi connectivity index (χ1n) is 5.84. The van der Waals surface area contributed by atoms with E-state index in [1.807, 2.05) is 12.1 Å². The number of amides is 1. The summed E-state index contributed by atoms with van der Waals surface area (Å²) in [5.74, 6) is 0. The van der Waals surface area contributed by atoms with Crippen LogP contribution in [0.25, 0.3) is 0 Å². The number of nitrogens with one attached hydrogen (secondary N) is 1. The summed E-state index contributed by atoms with van der Waals surface area (Å²) in [6, 6.07) is 6.91. The predicted molar refractivity (Wildman–Crippen MR) is 71.5 cm³/mol. The Labute approximate surface area is 112 Å². The van der Waals surface area contributed by atoms with Crippen LogP contribution in [0.5, 0.6) is 0 Å². The van der Waals surface area contributed by atoms with E-state index in [0.29, 0.717) is 18.7 Å². The van der Waals surface area contributed by atoms with E-state index < -0.39 is 16.1 Å². The van der Waals surface area contributed by atoms with Crippen molar-refractivity contribution in [1.82, 2.24) is 5.32 Å². The number of fused-ring (bicyclic) bond motifs is 1. The van der Waals surface area contributed by atoms with Crippen molar-refractivity contribution >= 4 is 21.8 Å². The van der Waals surface area contributed by atoms with Crippen molar-refractivity contribution in [3.05, 3.63) is 29.8 Å². The van der Waals surface area contributed by atoms with E-state index in [1.165, 1.54) is 17.7 Å². The molecular formula is C12H16N2O4S. The summed E-state index contributed by atoms with van der Waals surface area (Å²) in [5.41, 5.74) is 1.39. The summed E-state index contributed by atoms with van der Waals surface area (Å²) in [6.45, 7) is 0.338. The van der Waals surface area contributed by atoms with Gasteiger partial charge in [-0.2, -0.15) is 0 Å². The average Bonchev–Trinajstić information content (AvgIpc) is 2.37. The summed E-state index contributed by atoms with van der Waals surface area (Å²) in [6.07, 6.45) is 1.17. The summed E-state index contributed by atoms with van der Waals surface area (Å²) in [4.78, 5) is 11.3. The topological polar surface area (TPSA) is 75.7 Å². The molecule has 1 amide bonds. The lowest BCUT2D eigenvalue weighted by atomic mass is 9.98. The second kappa shape index (κ2) is 5.08. The molecule has 0 fully saturated rings. The predicted octanol–water partition coefficient (Wildman–Crippen LogP) is 1.25. The molecule has 6 nitrogen and oxygen atoms in total. The first-order valence-corrected chi connectivity index (χ1v) is 7.69. The Kier molecular flexibility index (Phi) is 3.66. The van der Waals surface area contributed by atoms with Gasteiger partial charge in [-0.15, -0.1) is 0 Å². The number of hydrogen-bond donors (Lipinski definition) is 1. The van der Waals surface area contributed by atoms with Crippen molar-refractivity contribution in [1.29, 1.82) is 0 Å². The second-order valence-corrected chi connectivity index (χ2v) is 6.28. The summed E-state index contributed by atoms with van der Waals surface area (Å²) < 4.78 is 29.4. The lowest BCUT2D eigenvalue weighted by Crippen LogP contribution is -2.40. The van der Waals surface area contributed by atoms with E-state index in [4.69, 9.17) is 0 Å². The van der Waals surface area contributed by atoms with Crippen molar-refractivity contribution in [3.8, 4) is 0 Å². The molecule has 1 aliphatic rings. The number of rotatable bonds is 2. The second-order valence-electron chi connectivity index (χ2n) is 4.37. The van der Waals surface area contributed by atoms with Crippen LogP contribution in [-0.2, 0) is 14.8 Å². The first kappa shape index (κ1) is 13.7. The number of carbonyl (C=O) groups excluding carboxylic acids is 1. The minimum absolute atomic E-state index is 0.235. The van der Waals surface area contributed by atoms with Gasteiger partial charge in [0.25, 0.3) is 0 Å². The van der Waals surface area contributed by atoms with Gasteiger partial charge in [0.2, 0.25) is 10.0 Å². The minimum atomic E-state index is -3.31. The SMILES string of the molecule is COC(=O)NC1CCN(S(C)(=O)=O)c2ccccc21. The standard InChI is InChI=1S/C12H16N2O4S/c1-18-12(15)13-10-7-8-14(19(2,16)17)11-6-4-3-5-9(10)11/h3-6,10H,7-8H2,1-2H3,(H,13,15). The van der Waals surface area contributed by atoms with Crippen LogP contribution < -0.4 is 9.62 Å². The highest BCUT2D eigenvalue weighted by atomic mass is 32.2. The van der Waals surface area contributed by atoms with E-state index in [2.05, 4.69) is 10.1 Å². The van der Waals surface area contributed by atoms with Gasteiger partial charge in [0.1, 0.15) is 0 Å². The van der Waals surface area contributed by atoms with Gasteiger partial charge in [0, 0.05) is 6.54 Å². The van der Waals surface area contributed by atoms with Crippen LogP contribution in [0.2, 0.25) is 0 Å². The smallest absolute Gasteiger partial charge is 0.407 e. The maximum Gasteiger partial charge on any atom is 0.407 e. The Morgan fingerprint density at radius 2 is 2.11 bits per heavy atom. The largest absolute Gasteiger partial charge is 0.453 e. The number of anilines is 1. The molecule has 7 heteroatoms. The Morgan fingerprint density at radius 1 is 1.42 bits per heavy atom. The quantitative estimate of drug-likeness (QED) is 0.887. The molecular weight excluding hydrogens is 268 g/mol. The van der Waals surface area contributed by atoms with Gasteiger partial charge in [-0.05, 0) is 18.1 Å². The first-order chi connectivity index (χ1) is 8.93. The van der Waals surface area contributed by atoms with Crippen LogP contribution in [0.4, 0.5) is 10.5 Å². The maximum absolute atomic E-state index is 11.7. The molecule has 0 radical (unpaired) electrons. The third-order valence-electron chi connectivity index (χ3n) is 3.08. The zero-order chi connectivity index (χ0) is 14.0. The fourth-order valence-electron chi connectivity index (χ4n) is 2.23. The van der Waals surface area contributed by atoms with Crippen LogP contribution in [0, 0.1) is 0 Å². The molecule has 0 aromatic heterocycles. The van der Waals surface area contributed by atoms with E-state index in [9.17, 15) is 13.2 Å². The minimum Gasteiger partial charge on any atom is -0.453 e. The van der Waals surface area contributed by atoms with Crippen molar-refractivity contribution in [2.75, 3.05) is 24.2 Å². The van der Waals surface area contributed by atoms with Gasteiger partial charge in [-0.1, -0.05) is 18.2 Å². The van der Waals surface area contributed by atoms with E-state index >= 15 is 0 Å². The number of hydrogen-bond acceptors (Lipinski definition) is 4. The number of sulfonamides is 1. The molecule has 1 heterocycles. The molecule has 0 aliphatic carbocycles. The van der Waals surface area contributed by atoms with Crippen LogP contribution in [-0.4, -0.2) is 34.4 Å². The van der Waals surface area contributed by atoms with Gasteiger partial charge in [-0.3, -0.25) is 4.31 Å². The molecule has 1 aromatic rings. The molecule has 19 heavy (non-hydrogen) atoms. The molecule has 1 aromatic carbocycles. The van der Waals surface area contributed by atoms with Gasteiger partial charge in [0.05, 0.1) is 25.1 Å². The lowest BCUT2D eigenvalue weighted by Gasteiger charge is -2.34. The Morgan fingerprint density at radius 3 is 2.74 bits per heavy atom. The molecule has 1 aliphatic heterocycles. The van der Waals surface area contributed by atoms with Crippen LogP contribution in [0.1, 0.15) is 18.0 Å². The number of ether oxygens (including phenoxy) is 1. The summed E-state index contributed by atoms with van der Waals surface area (Å²) in [5, 5.41) is 2.71.